The van der Waals surface area contributed by atoms with E-state index in [2.05, 4.69) is 25.6 Å². The van der Waals surface area contributed by atoms with Gasteiger partial charge >= 0.3 is 11.7 Å². The number of aromatic amines is 1. The van der Waals surface area contributed by atoms with Crippen LogP contribution in [-0.2, 0) is 35.6 Å². The fraction of sp³-hybridized carbons (Fsp3) is 0.296. The van der Waals surface area contributed by atoms with Crippen molar-refractivity contribution in [2.45, 2.75) is 46.3 Å². The molecular weight excluding hydrogens is 500 g/mol. The maximum absolute atomic E-state index is 13.5. The van der Waals surface area contributed by atoms with Crippen LogP contribution in [0, 0.1) is 0 Å². The van der Waals surface area contributed by atoms with Crippen LogP contribution in [0.1, 0.15) is 31.7 Å². The predicted octanol–water partition coefficient (Wildman–Crippen LogP) is 2.40. The Morgan fingerprint density at radius 2 is 1.72 bits per heavy atom. The van der Waals surface area contributed by atoms with Crippen LogP contribution in [0.3, 0.4) is 0 Å². The van der Waals surface area contributed by atoms with E-state index in [0.717, 1.165) is 26.8 Å². The maximum Gasteiger partial charge on any atom is 0.333 e. The number of ether oxygens (including phenoxy) is 1. The van der Waals surface area contributed by atoms with Crippen LogP contribution in [0.2, 0.25) is 0 Å². The lowest BCUT2D eigenvalue weighted by Gasteiger charge is -2.13. The van der Waals surface area contributed by atoms with Gasteiger partial charge in [0.2, 0.25) is 5.82 Å². The van der Waals surface area contributed by atoms with Gasteiger partial charge in [-0.2, -0.15) is 5.21 Å². The smallest absolute Gasteiger partial charge is 0.333 e. The average Bonchev–Trinajstić information content (AvgIpc) is 3.62. The molecule has 1 N–H and O–H groups in total. The van der Waals surface area contributed by atoms with E-state index in [4.69, 9.17) is 4.74 Å². The van der Waals surface area contributed by atoms with Crippen molar-refractivity contribution in [1.82, 2.24) is 39.3 Å². The number of H-pyrrole nitrogens is 1. The molecule has 0 spiro atoms. The summed E-state index contributed by atoms with van der Waals surface area (Å²) in [6, 6.07) is 15.8. The molecule has 0 atom stereocenters. The molecule has 0 saturated heterocycles. The van der Waals surface area contributed by atoms with Crippen LogP contribution in [0.5, 0.6) is 0 Å². The number of hydrogen-bond donors (Lipinski definition) is 1. The van der Waals surface area contributed by atoms with E-state index in [9.17, 15) is 14.4 Å². The highest BCUT2D eigenvalue weighted by atomic mass is 16.5. The SMILES string of the molecule is CCCn1c(=O)n(CC(=O)OC)c(=O)c2c1nc(CC)n2Cc1ccc(-c2ccccc2-c2nn[nH]n2)cc1. The molecule has 0 amide bonds. The van der Waals surface area contributed by atoms with Crippen LogP contribution in [0.15, 0.2) is 58.1 Å². The largest absolute Gasteiger partial charge is 0.468 e. The van der Waals surface area contributed by atoms with E-state index in [1.165, 1.54) is 11.7 Å². The molecule has 39 heavy (non-hydrogen) atoms. The number of hydrogen-bond acceptors (Lipinski definition) is 8. The number of benzene rings is 2. The third kappa shape index (κ3) is 4.76. The van der Waals surface area contributed by atoms with Crippen molar-refractivity contribution in [1.29, 1.82) is 0 Å². The standard InChI is InChI=1S/C27H28N8O4/c1-4-14-33-25-23(26(37)35(27(33)38)16-22(36)39-3)34(21(5-2)28-25)15-17-10-12-18(13-11-17)19-8-6-7-9-20(19)24-29-31-32-30-24/h6-13H,4-5,14-16H2,1-3H3,(H,29,30,31,32). The lowest BCUT2D eigenvalue weighted by atomic mass is 9.98. The highest BCUT2D eigenvalue weighted by Gasteiger charge is 2.22. The van der Waals surface area contributed by atoms with E-state index in [-0.39, 0.29) is 5.52 Å². The van der Waals surface area contributed by atoms with Gasteiger partial charge in [0.1, 0.15) is 12.4 Å². The highest BCUT2D eigenvalue weighted by molar-refractivity contribution is 5.80. The third-order valence-corrected chi connectivity index (χ3v) is 6.59. The third-order valence-electron chi connectivity index (χ3n) is 6.59. The first-order valence-corrected chi connectivity index (χ1v) is 12.7. The minimum Gasteiger partial charge on any atom is -0.468 e. The Morgan fingerprint density at radius 1 is 0.974 bits per heavy atom. The van der Waals surface area contributed by atoms with Crippen molar-refractivity contribution in [3.8, 4) is 22.5 Å². The zero-order valence-electron chi connectivity index (χ0n) is 21.9. The van der Waals surface area contributed by atoms with Crippen molar-refractivity contribution in [3.63, 3.8) is 0 Å². The Hall–Kier alpha value is -4.87. The fourth-order valence-corrected chi connectivity index (χ4v) is 4.71. The van der Waals surface area contributed by atoms with Gasteiger partial charge in [-0.3, -0.25) is 14.2 Å². The molecule has 0 unspecified atom stereocenters. The average molecular weight is 529 g/mol. The molecule has 5 rings (SSSR count). The van der Waals surface area contributed by atoms with Gasteiger partial charge in [-0.1, -0.05) is 62.4 Å². The summed E-state index contributed by atoms with van der Waals surface area (Å²) in [7, 11) is 1.22. The van der Waals surface area contributed by atoms with E-state index in [1.54, 1.807) is 0 Å². The Morgan fingerprint density at radius 3 is 2.36 bits per heavy atom. The number of aryl methyl sites for hydroxylation is 2. The van der Waals surface area contributed by atoms with Gasteiger partial charge in [-0.15, -0.1) is 10.2 Å². The predicted molar refractivity (Wildman–Crippen MR) is 144 cm³/mol. The topological polar surface area (TPSA) is 143 Å². The monoisotopic (exact) mass is 528 g/mol. The zero-order chi connectivity index (χ0) is 27.5. The number of carbonyl (C=O) groups is 1. The summed E-state index contributed by atoms with van der Waals surface area (Å²) < 4.78 is 8.95. The van der Waals surface area contributed by atoms with Gasteiger partial charge in [0.05, 0.1) is 7.11 Å². The molecule has 12 nitrogen and oxygen atoms in total. The van der Waals surface area contributed by atoms with Crippen molar-refractivity contribution in [2.75, 3.05) is 7.11 Å². The van der Waals surface area contributed by atoms with Crippen LogP contribution >= 0.6 is 0 Å². The number of nitrogens with zero attached hydrogens (tertiary/aromatic N) is 7. The summed E-state index contributed by atoms with van der Waals surface area (Å²) in [6.07, 6.45) is 1.22. The number of esters is 1. The number of imidazole rings is 1. The van der Waals surface area contributed by atoms with Crippen molar-refractivity contribution in [3.05, 3.63) is 80.8 Å². The summed E-state index contributed by atoms with van der Waals surface area (Å²) in [4.78, 5) is 43.4. The van der Waals surface area contributed by atoms with E-state index < -0.39 is 23.8 Å². The van der Waals surface area contributed by atoms with Crippen molar-refractivity contribution >= 4 is 17.1 Å². The summed E-state index contributed by atoms with van der Waals surface area (Å²) in [5.41, 5.74) is 3.21. The molecule has 0 saturated carbocycles. The van der Waals surface area contributed by atoms with Crippen molar-refractivity contribution < 1.29 is 9.53 Å². The zero-order valence-corrected chi connectivity index (χ0v) is 21.9. The number of carbonyl (C=O) groups excluding carboxylic acids is 1. The lowest BCUT2D eigenvalue weighted by Crippen LogP contribution is -2.42. The van der Waals surface area contributed by atoms with E-state index in [1.807, 2.05) is 66.9 Å². The second-order valence-corrected chi connectivity index (χ2v) is 9.02. The van der Waals surface area contributed by atoms with Gasteiger partial charge in [0.25, 0.3) is 5.56 Å². The molecule has 0 radical (unpaired) electrons. The Bertz CT molecular complexity index is 1750. The number of nitrogens with one attached hydrogen (secondary N) is 1. The first-order chi connectivity index (χ1) is 19.0. The molecule has 5 aromatic rings. The molecule has 2 aromatic carbocycles. The minimum absolute atomic E-state index is 0.287. The summed E-state index contributed by atoms with van der Waals surface area (Å²) in [5, 5.41) is 14.4. The second-order valence-electron chi connectivity index (χ2n) is 9.02. The van der Waals surface area contributed by atoms with Gasteiger partial charge < -0.3 is 9.30 Å². The summed E-state index contributed by atoms with van der Waals surface area (Å²) in [5.74, 6) is 0.511. The van der Waals surface area contributed by atoms with Crippen LogP contribution < -0.4 is 11.2 Å². The molecular formula is C27H28N8O4. The van der Waals surface area contributed by atoms with Crippen LogP contribution in [0.25, 0.3) is 33.7 Å². The molecule has 0 aliphatic rings. The van der Waals surface area contributed by atoms with Gasteiger partial charge in [0.15, 0.2) is 11.2 Å². The Labute approximate surface area is 222 Å². The number of fused-ring (bicyclic) bond motifs is 1. The maximum atomic E-state index is 13.5. The first-order valence-electron chi connectivity index (χ1n) is 12.7. The lowest BCUT2D eigenvalue weighted by molar-refractivity contribution is -0.141. The minimum atomic E-state index is -0.671. The normalized spacial score (nSPS) is 11.3. The quantitative estimate of drug-likeness (QED) is 0.287. The van der Waals surface area contributed by atoms with Gasteiger partial charge in [-0.25, -0.2) is 14.3 Å². The Kier molecular flexibility index (Phi) is 7.17. The van der Waals surface area contributed by atoms with E-state index in [0.29, 0.717) is 43.2 Å². The Balaban J connectivity index is 1.58. The first kappa shape index (κ1) is 25.8. The summed E-state index contributed by atoms with van der Waals surface area (Å²) >= 11 is 0. The van der Waals surface area contributed by atoms with Crippen LogP contribution in [-0.4, -0.2) is 52.4 Å². The van der Waals surface area contributed by atoms with Gasteiger partial charge in [0, 0.05) is 25.1 Å². The molecule has 0 fully saturated rings. The van der Waals surface area contributed by atoms with Crippen molar-refractivity contribution in [2.24, 2.45) is 0 Å². The molecule has 3 aromatic heterocycles. The number of methoxy groups -OCH3 is 1. The molecule has 0 bridgehead atoms. The van der Waals surface area contributed by atoms with E-state index >= 15 is 0 Å². The summed E-state index contributed by atoms with van der Waals surface area (Å²) in [6.45, 7) is 4.15. The number of aromatic nitrogens is 8. The highest BCUT2D eigenvalue weighted by Crippen LogP contribution is 2.30. The molecule has 0 aliphatic carbocycles. The molecule has 12 heteroatoms. The number of tetrazole rings is 1. The second kappa shape index (κ2) is 10.9. The fourth-order valence-electron chi connectivity index (χ4n) is 4.71. The van der Waals surface area contributed by atoms with Gasteiger partial charge in [-0.05, 0) is 28.3 Å². The molecule has 3 heterocycles. The molecule has 0 aliphatic heterocycles. The molecule has 200 valence electrons. The number of rotatable bonds is 9. The van der Waals surface area contributed by atoms with Crippen LogP contribution in [0.4, 0.5) is 0 Å².